The predicted octanol–water partition coefficient (Wildman–Crippen LogP) is 2.42. The first-order valence-corrected chi connectivity index (χ1v) is 7.79. The molecule has 1 amide bonds. The van der Waals surface area contributed by atoms with Crippen LogP contribution in [0.3, 0.4) is 0 Å². The number of pyridine rings is 1. The number of esters is 1. The van der Waals surface area contributed by atoms with Gasteiger partial charge in [-0.25, -0.2) is 9.78 Å². The van der Waals surface area contributed by atoms with Gasteiger partial charge in [0.1, 0.15) is 10.5 Å². The summed E-state index contributed by atoms with van der Waals surface area (Å²) in [5, 5.41) is 2.81. The Kier molecular flexibility index (Phi) is 4.12. The van der Waals surface area contributed by atoms with Crippen molar-refractivity contribution in [1.29, 1.82) is 0 Å². The highest BCUT2D eigenvalue weighted by Crippen LogP contribution is 2.17. The van der Waals surface area contributed by atoms with Crippen molar-refractivity contribution in [3.8, 4) is 0 Å². The summed E-state index contributed by atoms with van der Waals surface area (Å²) in [7, 11) is 1.31. The number of imidazole rings is 1. The van der Waals surface area contributed by atoms with Crippen LogP contribution in [-0.4, -0.2) is 28.4 Å². The molecule has 7 heteroatoms. The molecule has 0 saturated carbocycles. The lowest BCUT2D eigenvalue weighted by Gasteiger charge is -2.00. The van der Waals surface area contributed by atoms with Gasteiger partial charge in [-0.2, -0.15) is 0 Å². The topological polar surface area (TPSA) is 72.7 Å². The van der Waals surface area contributed by atoms with E-state index in [1.807, 2.05) is 35.9 Å². The molecule has 118 valence electrons. The lowest BCUT2D eigenvalue weighted by molar-refractivity contribution is 0.0606. The summed E-state index contributed by atoms with van der Waals surface area (Å²) >= 11 is 1.10. The highest BCUT2D eigenvalue weighted by molar-refractivity contribution is 7.15. The normalized spacial score (nSPS) is 10.7. The van der Waals surface area contributed by atoms with Crippen molar-refractivity contribution in [3.63, 3.8) is 0 Å². The average Bonchev–Trinajstić information content (AvgIpc) is 3.19. The van der Waals surface area contributed by atoms with Crippen LogP contribution in [0.5, 0.6) is 0 Å². The Bertz CT molecular complexity index is 882. The van der Waals surface area contributed by atoms with Gasteiger partial charge >= 0.3 is 5.97 Å². The Morgan fingerprint density at radius 3 is 2.83 bits per heavy atom. The van der Waals surface area contributed by atoms with Crippen LogP contribution in [0.2, 0.25) is 0 Å². The lowest BCUT2D eigenvalue weighted by Crippen LogP contribution is -2.21. The molecule has 3 aromatic rings. The van der Waals surface area contributed by atoms with Gasteiger partial charge in [0.25, 0.3) is 5.91 Å². The first kappa shape index (κ1) is 15.2. The minimum Gasteiger partial charge on any atom is -0.465 e. The molecule has 0 radical (unpaired) electrons. The maximum Gasteiger partial charge on any atom is 0.348 e. The molecule has 0 spiro atoms. The number of aryl methyl sites for hydroxylation is 1. The monoisotopic (exact) mass is 329 g/mol. The highest BCUT2D eigenvalue weighted by atomic mass is 32.1. The number of thiophene rings is 1. The van der Waals surface area contributed by atoms with Gasteiger partial charge in [-0.15, -0.1) is 11.3 Å². The third-order valence-electron chi connectivity index (χ3n) is 3.37. The molecule has 0 atom stereocenters. The van der Waals surface area contributed by atoms with E-state index in [1.165, 1.54) is 7.11 Å². The summed E-state index contributed by atoms with van der Waals surface area (Å²) in [5.74, 6) is -0.677. The van der Waals surface area contributed by atoms with E-state index in [0.717, 1.165) is 28.2 Å². The third-order valence-corrected chi connectivity index (χ3v) is 4.44. The number of ether oxygens (including phenoxy) is 1. The van der Waals surface area contributed by atoms with Crippen LogP contribution < -0.4 is 5.32 Å². The molecule has 0 saturated heterocycles. The second-order valence-electron chi connectivity index (χ2n) is 4.99. The Morgan fingerprint density at radius 2 is 2.09 bits per heavy atom. The minimum absolute atomic E-state index is 0.237. The van der Waals surface area contributed by atoms with Gasteiger partial charge in [-0.3, -0.25) is 4.79 Å². The fourth-order valence-electron chi connectivity index (χ4n) is 2.22. The SMILES string of the molecule is COC(=O)c1ccc(C(=O)NCc2cn3cccc(C)c3n2)s1. The smallest absolute Gasteiger partial charge is 0.348 e. The third kappa shape index (κ3) is 3.09. The number of rotatable bonds is 4. The molecular formula is C16H15N3O3S. The van der Waals surface area contributed by atoms with Gasteiger partial charge < -0.3 is 14.5 Å². The van der Waals surface area contributed by atoms with E-state index in [4.69, 9.17) is 0 Å². The number of nitrogens with zero attached hydrogens (tertiary/aromatic N) is 2. The largest absolute Gasteiger partial charge is 0.465 e. The summed E-state index contributed by atoms with van der Waals surface area (Å²) in [4.78, 5) is 28.9. The van der Waals surface area contributed by atoms with E-state index in [0.29, 0.717) is 16.3 Å². The molecule has 0 unspecified atom stereocenters. The summed E-state index contributed by atoms with van der Waals surface area (Å²) < 4.78 is 6.56. The molecule has 0 aliphatic rings. The van der Waals surface area contributed by atoms with Gasteiger partial charge in [-0.05, 0) is 30.7 Å². The van der Waals surface area contributed by atoms with Crippen molar-refractivity contribution in [1.82, 2.24) is 14.7 Å². The van der Waals surface area contributed by atoms with Crippen LogP contribution in [0, 0.1) is 6.92 Å². The van der Waals surface area contributed by atoms with E-state index < -0.39 is 5.97 Å². The lowest BCUT2D eigenvalue weighted by atomic mass is 10.3. The zero-order valence-electron chi connectivity index (χ0n) is 12.7. The summed E-state index contributed by atoms with van der Waals surface area (Å²) in [6.45, 7) is 2.32. The van der Waals surface area contributed by atoms with Gasteiger partial charge in [0.15, 0.2) is 0 Å². The van der Waals surface area contributed by atoms with Crippen molar-refractivity contribution in [2.75, 3.05) is 7.11 Å². The Hall–Kier alpha value is -2.67. The molecule has 0 aliphatic carbocycles. The second-order valence-corrected chi connectivity index (χ2v) is 6.08. The number of aromatic nitrogens is 2. The van der Waals surface area contributed by atoms with Crippen LogP contribution in [0.1, 0.15) is 30.6 Å². The molecule has 0 fully saturated rings. The van der Waals surface area contributed by atoms with Crippen LogP contribution in [0.15, 0.2) is 36.7 Å². The van der Waals surface area contributed by atoms with E-state index in [9.17, 15) is 9.59 Å². The van der Waals surface area contributed by atoms with E-state index >= 15 is 0 Å². The molecule has 23 heavy (non-hydrogen) atoms. The van der Waals surface area contributed by atoms with Crippen molar-refractivity contribution >= 4 is 28.9 Å². The van der Waals surface area contributed by atoms with Crippen molar-refractivity contribution in [2.24, 2.45) is 0 Å². The Balaban J connectivity index is 1.69. The summed E-state index contributed by atoms with van der Waals surface area (Å²) in [5.41, 5.74) is 2.73. The fourth-order valence-corrected chi connectivity index (χ4v) is 3.06. The number of fused-ring (bicyclic) bond motifs is 1. The number of hydrogen-bond acceptors (Lipinski definition) is 5. The maximum atomic E-state index is 12.1. The molecule has 0 bridgehead atoms. The van der Waals surface area contributed by atoms with Crippen molar-refractivity contribution in [2.45, 2.75) is 13.5 Å². The van der Waals surface area contributed by atoms with Crippen molar-refractivity contribution < 1.29 is 14.3 Å². The highest BCUT2D eigenvalue weighted by Gasteiger charge is 2.14. The number of methoxy groups -OCH3 is 1. The molecule has 3 aromatic heterocycles. The molecule has 3 rings (SSSR count). The van der Waals surface area contributed by atoms with Crippen LogP contribution in [0.4, 0.5) is 0 Å². The van der Waals surface area contributed by atoms with Gasteiger partial charge in [0.2, 0.25) is 0 Å². The fraction of sp³-hybridized carbons (Fsp3) is 0.188. The Morgan fingerprint density at radius 1 is 1.30 bits per heavy atom. The number of carbonyl (C=O) groups is 2. The van der Waals surface area contributed by atoms with Crippen LogP contribution >= 0.6 is 11.3 Å². The molecule has 1 N–H and O–H groups in total. The molecule has 0 aromatic carbocycles. The number of nitrogens with one attached hydrogen (secondary N) is 1. The standard InChI is InChI=1S/C16H15N3O3S/c1-10-4-3-7-19-9-11(18-14(10)19)8-17-15(20)12-5-6-13(23-12)16(21)22-2/h3-7,9H,8H2,1-2H3,(H,17,20). The molecule has 0 aliphatic heterocycles. The van der Waals surface area contributed by atoms with Crippen LogP contribution in [0.25, 0.3) is 5.65 Å². The first-order valence-electron chi connectivity index (χ1n) is 6.98. The predicted molar refractivity (Wildman–Crippen MR) is 86.8 cm³/mol. The van der Waals surface area contributed by atoms with E-state index in [-0.39, 0.29) is 5.91 Å². The first-order chi connectivity index (χ1) is 11.1. The maximum absolute atomic E-state index is 12.1. The number of hydrogen-bond donors (Lipinski definition) is 1. The van der Waals surface area contributed by atoms with Crippen LogP contribution in [-0.2, 0) is 11.3 Å². The average molecular weight is 329 g/mol. The van der Waals surface area contributed by atoms with Crippen molar-refractivity contribution in [3.05, 3.63) is 57.7 Å². The van der Waals surface area contributed by atoms with E-state index in [1.54, 1.807) is 12.1 Å². The zero-order valence-corrected chi connectivity index (χ0v) is 13.5. The molecule has 3 heterocycles. The molecular weight excluding hydrogens is 314 g/mol. The van der Waals surface area contributed by atoms with Gasteiger partial charge in [0, 0.05) is 12.4 Å². The summed E-state index contributed by atoms with van der Waals surface area (Å²) in [6.07, 6.45) is 3.81. The molecule has 6 nitrogen and oxygen atoms in total. The van der Waals surface area contributed by atoms with Gasteiger partial charge in [-0.1, -0.05) is 6.07 Å². The minimum atomic E-state index is -0.440. The number of amides is 1. The van der Waals surface area contributed by atoms with Gasteiger partial charge in [0.05, 0.1) is 24.2 Å². The van der Waals surface area contributed by atoms with E-state index in [2.05, 4.69) is 15.0 Å². The zero-order chi connectivity index (χ0) is 16.4. The Labute approximate surface area is 136 Å². The summed E-state index contributed by atoms with van der Waals surface area (Å²) in [6, 6.07) is 7.14. The quantitative estimate of drug-likeness (QED) is 0.746. The number of carbonyl (C=O) groups excluding carboxylic acids is 2. The second kappa shape index (κ2) is 6.21.